The predicted octanol–water partition coefficient (Wildman–Crippen LogP) is 4.04. The van der Waals surface area contributed by atoms with Crippen molar-refractivity contribution in [1.82, 2.24) is 0 Å². The van der Waals surface area contributed by atoms with Gasteiger partial charge in [0.2, 0.25) is 7.37 Å². The van der Waals surface area contributed by atoms with E-state index in [2.05, 4.69) is 6.92 Å². The second kappa shape index (κ2) is 5.92. The average molecular weight is 218 g/mol. The molecule has 0 N–H and O–H groups in total. The van der Waals surface area contributed by atoms with Gasteiger partial charge in [0.25, 0.3) is 0 Å². The van der Waals surface area contributed by atoms with Gasteiger partial charge in [0.1, 0.15) is 0 Å². The Labute approximate surface area is 87.9 Å². The molecule has 3 heteroatoms. The molecule has 84 valence electrons. The number of hydrogen-bond donors (Lipinski definition) is 0. The first-order chi connectivity index (χ1) is 6.73. The molecule has 1 aliphatic rings. The largest absolute Gasteiger partial charge is 0.329 e. The van der Waals surface area contributed by atoms with Crippen LogP contribution in [0.5, 0.6) is 0 Å². The normalized spacial score (nSPS) is 22.4. The van der Waals surface area contributed by atoms with Crippen LogP contribution in [0.25, 0.3) is 0 Å². The Kier molecular flexibility index (Phi) is 5.19. The standard InChI is InChI=1S/C11H23O2P/c1-3-5-10-14(12,13-4-2)11-8-6-7-9-11/h11H,3-10H2,1-2H3. The third-order valence-corrected chi connectivity index (χ3v) is 6.32. The topological polar surface area (TPSA) is 26.3 Å². The number of unbranched alkanes of at least 4 members (excludes halogenated alkanes) is 1. The molecule has 1 aliphatic carbocycles. The maximum absolute atomic E-state index is 12.6. The summed E-state index contributed by atoms with van der Waals surface area (Å²) in [5.41, 5.74) is 0.383. The fourth-order valence-corrected chi connectivity index (χ4v) is 5.30. The molecule has 0 aromatic heterocycles. The smallest absolute Gasteiger partial charge is 0.206 e. The van der Waals surface area contributed by atoms with Gasteiger partial charge in [-0.2, -0.15) is 0 Å². The predicted molar refractivity (Wildman–Crippen MR) is 61.3 cm³/mol. The molecule has 1 saturated carbocycles. The Hall–Kier alpha value is 0.190. The summed E-state index contributed by atoms with van der Waals surface area (Å²) < 4.78 is 18.1. The monoisotopic (exact) mass is 218 g/mol. The molecule has 1 unspecified atom stereocenters. The van der Waals surface area contributed by atoms with Crippen molar-refractivity contribution in [2.24, 2.45) is 0 Å². The van der Waals surface area contributed by atoms with E-state index in [-0.39, 0.29) is 0 Å². The van der Waals surface area contributed by atoms with Crippen molar-refractivity contribution in [1.29, 1.82) is 0 Å². The minimum absolute atomic E-state index is 0.383. The summed E-state index contributed by atoms with van der Waals surface area (Å²) >= 11 is 0. The van der Waals surface area contributed by atoms with Crippen LogP contribution in [0.2, 0.25) is 0 Å². The van der Waals surface area contributed by atoms with Gasteiger partial charge in [0, 0.05) is 11.8 Å². The lowest BCUT2D eigenvalue weighted by molar-refractivity contribution is 0.324. The molecule has 2 nitrogen and oxygen atoms in total. The van der Waals surface area contributed by atoms with E-state index < -0.39 is 7.37 Å². The van der Waals surface area contributed by atoms with Gasteiger partial charge in [-0.05, 0) is 26.2 Å². The highest BCUT2D eigenvalue weighted by Gasteiger charge is 2.34. The van der Waals surface area contributed by atoms with Crippen LogP contribution in [-0.4, -0.2) is 18.4 Å². The lowest BCUT2D eigenvalue weighted by Crippen LogP contribution is -2.09. The molecule has 1 rings (SSSR count). The van der Waals surface area contributed by atoms with Gasteiger partial charge in [-0.25, -0.2) is 0 Å². The van der Waals surface area contributed by atoms with Crippen molar-refractivity contribution >= 4 is 7.37 Å². The van der Waals surface area contributed by atoms with E-state index in [4.69, 9.17) is 4.52 Å². The fraction of sp³-hybridized carbons (Fsp3) is 1.00. The number of hydrogen-bond acceptors (Lipinski definition) is 2. The van der Waals surface area contributed by atoms with Crippen LogP contribution >= 0.6 is 7.37 Å². The van der Waals surface area contributed by atoms with Crippen LogP contribution in [-0.2, 0) is 9.09 Å². The SMILES string of the molecule is CCCCP(=O)(OCC)C1CCCC1. The van der Waals surface area contributed by atoms with Gasteiger partial charge in [0.05, 0.1) is 6.61 Å². The van der Waals surface area contributed by atoms with E-state index in [0.29, 0.717) is 12.3 Å². The van der Waals surface area contributed by atoms with Crippen molar-refractivity contribution in [3.63, 3.8) is 0 Å². The average Bonchev–Trinajstić information content (AvgIpc) is 2.68. The van der Waals surface area contributed by atoms with Gasteiger partial charge in [-0.3, -0.25) is 4.57 Å². The van der Waals surface area contributed by atoms with Crippen molar-refractivity contribution in [2.75, 3.05) is 12.8 Å². The van der Waals surface area contributed by atoms with Crippen molar-refractivity contribution < 1.29 is 9.09 Å². The Morgan fingerprint density at radius 2 is 1.93 bits per heavy atom. The zero-order valence-electron chi connectivity index (χ0n) is 9.50. The first-order valence-electron chi connectivity index (χ1n) is 5.96. The van der Waals surface area contributed by atoms with Gasteiger partial charge in [-0.1, -0.05) is 26.2 Å². The van der Waals surface area contributed by atoms with Crippen molar-refractivity contribution in [2.45, 2.75) is 58.0 Å². The van der Waals surface area contributed by atoms with Crippen LogP contribution in [0.1, 0.15) is 52.4 Å². The Morgan fingerprint density at radius 3 is 2.43 bits per heavy atom. The molecule has 0 heterocycles. The molecule has 0 bridgehead atoms. The van der Waals surface area contributed by atoms with Crippen molar-refractivity contribution in [3.05, 3.63) is 0 Å². The Bertz CT molecular complexity index is 197. The maximum Gasteiger partial charge on any atom is 0.206 e. The maximum atomic E-state index is 12.6. The Morgan fingerprint density at radius 1 is 1.29 bits per heavy atom. The molecular formula is C11H23O2P. The molecule has 0 aliphatic heterocycles. The van der Waals surface area contributed by atoms with Gasteiger partial charge >= 0.3 is 0 Å². The lowest BCUT2D eigenvalue weighted by Gasteiger charge is -2.23. The summed E-state index contributed by atoms with van der Waals surface area (Å²) in [5.74, 6) is 0. The lowest BCUT2D eigenvalue weighted by atomic mass is 10.4. The molecular weight excluding hydrogens is 195 g/mol. The van der Waals surface area contributed by atoms with E-state index in [1.165, 1.54) is 12.8 Å². The fourth-order valence-electron chi connectivity index (χ4n) is 2.25. The third-order valence-electron chi connectivity index (χ3n) is 3.05. The summed E-state index contributed by atoms with van der Waals surface area (Å²) in [5, 5.41) is 0. The van der Waals surface area contributed by atoms with E-state index >= 15 is 0 Å². The van der Waals surface area contributed by atoms with Gasteiger partial charge < -0.3 is 4.52 Å². The summed E-state index contributed by atoms with van der Waals surface area (Å²) in [6, 6.07) is 0. The van der Waals surface area contributed by atoms with Gasteiger partial charge in [-0.15, -0.1) is 0 Å². The molecule has 0 spiro atoms. The highest BCUT2D eigenvalue weighted by atomic mass is 31.2. The minimum Gasteiger partial charge on any atom is -0.329 e. The summed E-state index contributed by atoms with van der Waals surface area (Å²) in [4.78, 5) is 0. The summed E-state index contributed by atoms with van der Waals surface area (Å²) in [6.07, 6.45) is 7.71. The summed E-state index contributed by atoms with van der Waals surface area (Å²) in [6.45, 7) is 4.70. The zero-order valence-corrected chi connectivity index (χ0v) is 10.4. The highest BCUT2D eigenvalue weighted by molar-refractivity contribution is 7.59. The van der Waals surface area contributed by atoms with Crippen LogP contribution < -0.4 is 0 Å². The first kappa shape index (κ1) is 12.3. The van der Waals surface area contributed by atoms with E-state index in [1.807, 2.05) is 6.92 Å². The second-order valence-electron chi connectivity index (χ2n) is 4.16. The molecule has 0 amide bonds. The molecule has 1 atom stereocenters. The molecule has 0 aromatic carbocycles. The minimum atomic E-state index is -2.28. The first-order valence-corrected chi connectivity index (χ1v) is 7.84. The second-order valence-corrected chi connectivity index (χ2v) is 7.05. The van der Waals surface area contributed by atoms with E-state index in [1.54, 1.807) is 0 Å². The number of rotatable bonds is 6. The molecule has 0 aromatic rings. The van der Waals surface area contributed by atoms with Crippen molar-refractivity contribution in [3.8, 4) is 0 Å². The van der Waals surface area contributed by atoms with E-state index in [0.717, 1.165) is 31.8 Å². The summed E-state index contributed by atoms with van der Waals surface area (Å²) in [7, 11) is -2.28. The highest BCUT2D eigenvalue weighted by Crippen LogP contribution is 2.57. The Balaban J connectivity index is 2.54. The van der Waals surface area contributed by atoms with Crippen LogP contribution in [0.4, 0.5) is 0 Å². The third kappa shape index (κ3) is 3.10. The van der Waals surface area contributed by atoms with Gasteiger partial charge in [0.15, 0.2) is 0 Å². The van der Waals surface area contributed by atoms with Crippen LogP contribution in [0.15, 0.2) is 0 Å². The zero-order chi connectivity index (χ0) is 10.4. The molecule has 0 saturated heterocycles. The van der Waals surface area contributed by atoms with E-state index in [9.17, 15) is 4.57 Å². The molecule has 14 heavy (non-hydrogen) atoms. The van der Waals surface area contributed by atoms with Crippen LogP contribution in [0, 0.1) is 0 Å². The molecule has 0 radical (unpaired) electrons. The van der Waals surface area contributed by atoms with Crippen LogP contribution in [0.3, 0.4) is 0 Å². The molecule has 1 fully saturated rings. The quantitative estimate of drug-likeness (QED) is 0.629.